The number of alkyl halides is 1. The van der Waals surface area contributed by atoms with Crippen molar-refractivity contribution in [2.24, 2.45) is 11.8 Å². The van der Waals surface area contributed by atoms with Crippen LogP contribution in [0.4, 0.5) is 4.39 Å². The first-order valence-electron chi connectivity index (χ1n) is 22.6. The molecule has 0 saturated heterocycles. The summed E-state index contributed by atoms with van der Waals surface area (Å²) in [7, 11) is -5.74. The number of hydrogen-bond acceptors (Lipinski definition) is 4. The first-order chi connectivity index (χ1) is 28.6. The molecule has 1 unspecified atom stereocenters. The normalized spacial score (nSPS) is 21.3. The molecule has 6 atom stereocenters. The fraction of sp³-hybridized carbons (Fsp3) is 0.472. The number of allylic oxidation sites excluding steroid dienone is 1. The number of unbranched alkanes of at least 4 members (excludes halogenated alkanes) is 3. The van der Waals surface area contributed by atoms with E-state index in [9.17, 15) is 9.50 Å². The Kier molecular flexibility index (Phi) is 15.0. The predicted octanol–water partition coefficient (Wildman–Crippen LogP) is 11.2. The number of ether oxygens (including phenoxy) is 1. The summed E-state index contributed by atoms with van der Waals surface area (Å²) in [5.41, 5.74) is 0. The van der Waals surface area contributed by atoms with E-state index in [2.05, 4.69) is 188 Å². The van der Waals surface area contributed by atoms with Gasteiger partial charge in [-0.15, -0.1) is 0 Å². The lowest BCUT2D eigenvalue weighted by atomic mass is 9.92. The van der Waals surface area contributed by atoms with E-state index in [1.54, 1.807) is 0 Å². The minimum Gasteiger partial charge on any atom is -0.494 e. The highest BCUT2D eigenvalue weighted by molar-refractivity contribution is 7.00. The summed E-state index contributed by atoms with van der Waals surface area (Å²) in [6.45, 7) is 17.6. The van der Waals surface area contributed by atoms with Gasteiger partial charge in [-0.05, 0) is 63.1 Å². The molecule has 1 aliphatic carbocycles. The second kappa shape index (κ2) is 19.6. The quantitative estimate of drug-likeness (QED) is 0.0580. The molecule has 1 saturated carbocycles. The van der Waals surface area contributed by atoms with Crippen LogP contribution in [-0.4, -0.2) is 45.9 Å². The number of hydrogen-bond donors (Lipinski definition) is 1. The predicted molar refractivity (Wildman–Crippen MR) is 253 cm³/mol. The molecule has 4 aromatic rings. The van der Waals surface area contributed by atoms with E-state index in [0.29, 0.717) is 6.42 Å². The Morgan fingerprint density at radius 3 is 1.63 bits per heavy atom. The zero-order valence-electron chi connectivity index (χ0n) is 37.6. The van der Waals surface area contributed by atoms with Gasteiger partial charge in [-0.3, -0.25) is 0 Å². The van der Waals surface area contributed by atoms with Gasteiger partial charge in [-0.25, -0.2) is 4.39 Å². The van der Waals surface area contributed by atoms with Crippen molar-refractivity contribution in [1.29, 1.82) is 0 Å². The van der Waals surface area contributed by atoms with Crippen molar-refractivity contribution in [3.8, 4) is 0 Å². The Morgan fingerprint density at radius 2 is 1.18 bits per heavy atom. The molecule has 6 rings (SSSR count). The molecule has 0 radical (unpaired) electrons. The van der Waals surface area contributed by atoms with Crippen LogP contribution >= 0.6 is 0 Å². The molecule has 0 amide bonds. The molecule has 1 N–H and O–H groups in total. The Balaban J connectivity index is 1.43. The van der Waals surface area contributed by atoms with E-state index in [4.69, 9.17) is 13.6 Å². The molecule has 322 valence electrons. The van der Waals surface area contributed by atoms with E-state index in [1.165, 1.54) is 27.7 Å². The van der Waals surface area contributed by atoms with Crippen molar-refractivity contribution < 1.29 is 23.1 Å². The van der Waals surface area contributed by atoms with Gasteiger partial charge in [-0.1, -0.05) is 201 Å². The van der Waals surface area contributed by atoms with Gasteiger partial charge in [0.05, 0.1) is 18.0 Å². The lowest BCUT2D eigenvalue weighted by molar-refractivity contribution is -0.0781. The Bertz CT molecular complexity index is 1890. The lowest BCUT2D eigenvalue weighted by Gasteiger charge is -2.46. The third-order valence-corrected chi connectivity index (χ3v) is 23.0. The topological polar surface area (TPSA) is 47.9 Å². The minimum absolute atomic E-state index is 0.0155. The van der Waals surface area contributed by atoms with Crippen LogP contribution in [0.5, 0.6) is 0 Å². The third kappa shape index (κ3) is 10.4. The van der Waals surface area contributed by atoms with Crippen LogP contribution < -0.4 is 20.7 Å². The van der Waals surface area contributed by atoms with Crippen molar-refractivity contribution in [3.05, 3.63) is 145 Å². The Hall–Kier alpha value is -3.60. The molecule has 1 aliphatic heterocycles. The molecule has 1 fully saturated rings. The largest absolute Gasteiger partial charge is 0.494 e. The highest BCUT2D eigenvalue weighted by Crippen LogP contribution is 2.48. The summed E-state index contributed by atoms with van der Waals surface area (Å²) < 4.78 is 36.5. The smallest absolute Gasteiger partial charge is 0.261 e. The van der Waals surface area contributed by atoms with Gasteiger partial charge in [0.1, 0.15) is 6.10 Å². The molecule has 1 heterocycles. The molecular weight excluding hydrogens is 776 g/mol. The highest BCUT2D eigenvalue weighted by Gasteiger charge is 2.56. The van der Waals surface area contributed by atoms with Crippen LogP contribution in [0.3, 0.4) is 0 Å². The summed E-state index contributed by atoms with van der Waals surface area (Å²) >= 11 is 0. The van der Waals surface area contributed by atoms with E-state index in [1.807, 2.05) is 0 Å². The van der Waals surface area contributed by atoms with Gasteiger partial charge in [-0.2, -0.15) is 0 Å². The average molecular weight is 847 g/mol. The summed E-state index contributed by atoms with van der Waals surface area (Å²) in [6.07, 6.45) is 14.3. The minimum atomic E-state index is -2.89. The van der Waals surface area contributed by atoms with Crippen molar-refractivity contribution in [3.63, 3.8) is 0 Å². The van der Waals surface area contributed by atoms with Gasteiger partial charge < -0.3 is 18.7 Å². The van der Waals surface area contributed by atoms with Crippen molar-refractivity contribution in [2.75, 3.05) is 0 Å². The second-order valence-electron chi connectivity index (χ2n) is 19.5. The van der Waals surface area contributed by atoms with Gasteiger partial charge >= 0.3 is 0 Å². The van der Waals surface area contributed by atoms with E-state index >= 15 is 0 Å². The zero-order valence-corrected chi connectivity index (χ0v) is 39.6. The number of fused-ring (bicyclic) bond motifs is 1. The Morgan fingerprint density at radius 1 is 0.700 bits per heavy atom. The third-order valence-electron chi connectivity index (χ3n) is 12.9. The van der Waals surface area contributed by atoms with Crippen LogP contribution in [0.25, 0.3) is 0 Å². The second-order valence-corrected chi connectivity index (χ2v) is 28.1. The molecule has 2 aliphatic rings. The van der Waals surface area contributed by atoms with Crippen LogP contribution in [0, 0.1) is 11.8 Å². The van der Waals surface area contributed by atoms with E-state index in [0.717, 1.165) is 50.7 Å². The maximum absolute atomic E-state index is 13.9. The van der Waals surface area contributed by atoms with Crippen molar-refractivity contribution in [1.82, 2.24) is 0 Å². The van der Waals surface area contributed by atoms with Crippen LogP contribution in [-0.2, 0) is 13.6 Å². The van der Waals surface area contributed by atoms with Gasteiger partial charge in [0, 0.05) is 31.1 Å². The van der Waals surface area contributed by atoms with Crippen molar-refractivity contribution >= 4 is 37.4 Å². The monoisotopic (exact) mass is 846 g/mol. The van der Waals surface area contributed by atoms with Gasteiger partial charge in [0.25, 0.3) is 16.6 Å². The molecule has 0 aromatic heterocycles. The van der Waals surface area contributed by atoms with Gasteiger partial charge in [0.2, 0.25) is 5.85 Å². The van der Waals surface area contributed by atoms with Crippen molar-refractivity contribution in [2.45, 2.75) is 147 Å². The van der Waals surface area contributed by atoms with Crippen LogP contribution in [0.2, 0.25) is 10.1 Å². The number of rotatable bonds is 19. The zero-order chi connectivity index (χ0) is 43.0. The fourth-order valence-electron chi connectivity index (χ4n) is 9.98. The van der Waals surface area contributed by atoms with Crippen LogP contribution in [0.15, 0.2) is 145 Å². The fourth-order valence-corrected chi connectivity index (χ4v) is 19.4. The Labute approximate surface area is 363 Å². The maximum Gasteiger partial charge on any atom is 0.261 e. The summed E-state index contributed by atoms with van der Waals surface area (Å²) in [5.74, 6) is -0.980. The first-order valence-corrected chi connectivity index (χ1v) is 26.5. The summed E-state index contributed by atoms with van der Waals surface area (Å²) in [6, 6.07) is 43.9. The average Bonchev–Trinajstić information content (AvgIpc) is 3.76. The number of aliphatic hydroxyl groups is 1. The summed E-state index contributed by atoms with van der Waals surface area (Å²) in [4.78, 5) is 0. The summed E-state index contributed by atoms with van der Waals surface area (Å²) in [5, 5.41) is 14.5. The number of benzene rings is 4. The van der Waals surface area contributed by atoms with E-state index < -0.39 is 22.5 Å². The standard InChI is InChI=1S/C53H71FO4Si2/c1-9-10-15-26-41(57-59(51(2,3)4,43-28-16-11-17-29-43)44-30-18-12-19-31-44)36-37-47-48-39-42(27-24-25-38-53(8,54)55)56-49(48)40-50(47)58-60(52(5,6)7,45-32-20-13-21-33-45)46-34-22-14-23-35-46/h11-14,16-23,28-37,39,41,47-50,55H,9-10,15,24-27,38,40H2,1-8H3/b37-36+/t41-,47+,48+,49-,50+,53?/m0/s1. The molecule has 60 heavy (non-hydrogen) atoms. The number of halogens is 1. The highest BCUT2D eigenvalue weighted by atomic mass is 28.4. The first kappa shape index (κ1) is 45.9. The molecule has 4 nitrogen and oxygen atoms in total. The molecule has 4 aromatic carbocycles. The van der Waals surface area contributed by atoms with Gasteiger partial charge in [0.15, 0.2) is 0 Å². The molecule has 0 spiro atoms. The van der Waals surface area contributed by atoms with Crippen LogP contribution in [0.1, 0.15) is 113 Å². The molecule has 7 heteroatoms. The maximum atomic E-state index is 13.9. The molecular formula is C53H71FO4Si2. The van der Waals surface area contributed by atoms with E-state index in [-0.39, 0.29) is 46.6 Å². The molecule has 0 bridgehead atoms. The SMILES string of the molecule is CCCCC[C@@H](/C=C/[C@@H]1[C@H]2C=C(CCCCC(C)(O)F)O[C@H]2C[C@H]1O[Si](c1ccccc1)(c1ccccc1)C(C)(C)C)O[Si](c1ccccc1)(c1ccccc1)C(C)(C)C. The lowest BCUT2D eigenvalue weighted by Crippen LogP contribution is -2.68.